The van der Waals surface area contributed by atoms with Crippen LogP contribution in [0.4, 0.5) is 0 Å². The van der Waals surface area contributed by atoms with Gasteiger partial charge in [0.05, 0.1) is 14.2 Å². The second kappa shape index (κ2) is 8.15. The van der Waals surface area contributed by atoms with E-state index in [9.17, 15) is 4.79 Å². The van der Waals surface area contributed by atoms with E-state index in [0.717, 1.165) is 18.4 Å². The number of Topliss-reactive ketones (excluding diaryl/α,β-unsaturated/α-hetero) is 1. The van der Waals surface area contributed by atoms with E-state index in [1.54, 1.807) is 20.3 Å². The molecule has 0 aliphatic rings. The van der Waals surface area contributed by atoms with Gasteiger partial charge < -0.3 is 9.47 Å². The molecule has 4 heteroatoms. The first-order valence-electron chi connectivity index (χ1n) is 7.00. The molecular weight excluding hydrogens is 276 g/mol. The molecule has 0 heterocycles. The Kier molecular flexibility index (Phi) is 6.86. The number of benzene rings is 1. The molecule has 0 aliphatic carbocycles. The number of ether oxygens (including phenoxy) is 2. The summed E-state index contributed by atoms with van der Waals surface area (Å²) >= 11 is 6.34. The highest BCUT2D eigenvalue weighted by atomic mass is 35.5. The van der Waals surface area contributed by atoms with Gasteiger partial charge in [-0.2, -0.15) is 0 Å². The quantitative estimate of drug-likeness (QED) is 0.703. The third-order valence-corrected chi connectivity index (χ3v) is 3.93. The zero-order chi connectivity index (χ0) is 15.1. The Bertz CT molecular complexity index is 457. The number of hydrogen-bond donors (Lipinski definition) is 0. The monoisotopic (exact) mass is 298 g/mol. The first kappa shape index (κ1) is 16.8. The Morgan fingerprint density at radius 2 is 1.80 bits per heavy atom. The van der Waals surface area contributed by atoms with Crippen LogP contribution in [0.15, 0.2) is 12.1 Å². The van der Waals surface area contributed by atoms with Gasteiger partial charge in [0.1, 0.15) is 5.78 Å². The van der Waals surface area contributed by atoms with Crippen LogP contribution in [0.25, 0.3) is 0 Å². The molecule has 112 valence electrons. The van der Waals surface area contributed by atoms with Gasteiger partial charge in [0, 0.05) is 23.9 Å². The predicted molar refractivity (Wildman–Crippen MR) is 82.1 cm³/mol. The first-order chi connectivity index (χ1) is 9.57. The van der Waals surface area contributed by atoms with E-state index >= 15 is 0 Å². The van der Waals surface area contributed by atoms with Crippen molar-refractivity contribution in [1.29, 1.82) is 0 Å². The van der Waals surface area contributed by atoms with Gasteiger partial charge in [0.15, 0.2) is 11.5 Å². The Labute approximate surface area is 126 Å². The lowest BCUT2D eigenvalue weighted by molar-refractivity contribution is -0.118. The summed E-state index contributed by atoms with van der Waals surface area (Å²) in [5, 5.41) is 0.665. The molecule has 1 unspecified atom stereocenters. The Balaban J connectivity index is 2.99. The van der Waals surface area contributed by atoms with E-state index in [2.05, 4.69) is 6.92 Å². The lowest BCUT2D eigenvalue weighted by Gasteiger charge is -2.19. The van der Waals surface area contributed by atoms with Crippen LogP contribution in [0.1, 0.15) is 51.0 Å². The minimum atomic E-state index is 0.262. The maximum atomic E-state index is 11.5. The standard InChI is InChI=1S/C16H23ClO3/c1-5-11(7-8-12(18)6-2)13-9-15(19-3)16(20-4)10-14(13)17/h9-11H,5-8H2,1-4H3. The minimum Gasteiger partial charge on any atom is -0.493 e. The van der Waals surface area contributed by atoms with E-state index in [1.165, 1.54) is 0 Å². The van der Waals surface area contributed by atoms with Gasteiger partial charge in [-0.1, -0.05) is 25.4 Å². The van der Waals surface area contributed by atoms with Crippen molar-refractivity contribution in [2.24, 2.45) is 0 Å². The number of methoxy groups -OCH3 is 2. The van der Waals surface area contributed by atoms with Crippen LogP contribution in [0.3, 0.4) is 0 Å². The summed E-state index contributed by atoms with van der Waals surface area (Å²) in [6.45, 7) is 4.00. The van der Waals surface area contributed by atoms with Crippen molar-refractivity contribution in [3.8, 4) is 11.5 Å². The summed E-state index contributed by atoms with van der Waals surface area (Å²) in [5.74, 6) is 1.85. The fourth-order valence-corrected chi connectivity index (χ4v) is 2.58. The number of carbonyl (C=O) groups excluding carboxylic acids is 1. The lowest BCUT2D eigenvalue weighted by Crippen LogP contribution is -2.04. The van der Waals surface area contributed by atoms with Crippen LogP contribution in [0, 0.1) is 0 Å². The van der Waals surface area contributed by atoms with E-state index < -0.39 is 0 Å². The normalized spacial score (nSPS) is 12.1. The number of halogens is 1. The summed E-state index contributed by atoms with van der Waals surface area (Å²) in [5.41, 5.74) is 1.02. The van der Waals surface area contributed by atoms with Gasteiger partial charge >= 0.3 is 0 Å². The van der Waals surface area contributed by atoms with E-state index in [0.29, 0.717) is 35.1 Å². The highest BCUT2D eigenvalue weighted by Crippen LogP contribution is 2.39. The molecule has 1 aromatic carbocycles. The zero-order valence-electron chi connectivity index (χ0n) is 12.7. The van der Waals surface area contributed by atoms with Gasteiger partial charge in [0.25, 0.3) is 0 Å². The smallest absolute Gasteiger partial charge is 0.162 e. The summed E-state index contributed by atoms with van der Waals surface area (Å²) in [6.07, 6.45) is 2.94. The highest BCUT2D eigenvalue weighted by Gasteiger charge is 2.18. The third kappa shape index (κ3) is 4.14. The fraction of sp³-hybridized carbons (Fsp3) is 0.562. The average molecular weight is 299 g/mol. The molecule has 0 amide bonds. The van der Waals surface area contributed by atoms with Gasteiger partial charge in [-0.15, -0.1) is 0 Å². The molecule has 0 saturated carbocycles. The number of carbonyl (C=O) groups is 1. The van der Waals surface area contributed by atoms with E-state index in [4.69, 9.17) is 21.1 Å². The van der Waals surface area contributed by atoms with Crippen LogP contribution < -0.4 is 9.47 Å². The topological polar surface area (TPSA) is 35.5 Å². The lowest BCUT2D eigenvalue weighted by atomic mass is 9.90. The molecule has 20 heavy (non-hydrogen) atoms. The van der Waals surface area contributed by atoms with Gasteiger partial charge in [0.2, 0.25) is 0 Å². The van der Waals surface area contributed by atoms with Crippen molar-refractivity contribution in [2.45, 2.75) is 45.4 Å². The summed E-state index contributed by atoms with van der Waals surface area (Å²) in [7, 11) is 3.20. The fourth-order valence-electron chi connectivity index (χ4n) is 2.27. The van der Waals surface area contributed by atoms with Crippen LogP contribution in [0.2, 0.25) is 5.02 Å². The van der Waals surface area contributed by atoms with Crippen LogP contribution >= 0.6 is 11.6 Å². The maximum Gasteiger partial charge on any atom is 0.162 e. The molecule has 0 fully saturated rings. The van der Waals surface area contributed by atoms with Crippen molar-refractivity contribution in [3.63, 3.8) is 0 Å². The van der Waals surface area contributed by atoms with Crippen molar-refractivity contribution in [3.05, 3.63) is 22.7 Å². The highest BCUT2D eigenvalue weighted by molar-refractivity contribution is 6.31. The molecule has 0 bridgehead atoms. The molecule has 0 aliphatic heterocycles. The Morgan fingerprint density at radius 1 is 1.20 bits per heavy atom. The zero-order valence-corrected chi connectivity index (χ0v) is 13.4. The molecular formula is C16H23ClO3. The van der Waals surface area contributed by atoms with Gasteiger partial charge in [-0.25, -0.2) is 0 Å². The van der Waals surface area contributed by atoms with Crippen LogP contribution in [0.5, 0.6) is 11.5 Å². The average Bonchev–Trinajstić information content (AvgIpc) is 2.48. The molecule has 1 rings (SSSR count). The van der Waals surface area contributed by atoms with Crippen LogP contribution in [-0.2, 0) is 4.79 Å². The number of ketones is 1. The molecule has 0 spiro atoms. The summed E-state index contributed by atoms with van der Waals surface area (Å²) in [4.78, 5) is 11.5. The molecule has 0 saturated heterocycles. The van der Waals surface area contributed by atoms with E-state index in [-0.39, 0.29) is 5.92 Å². The Morgan fingerprint density at radius 3 is 2.30 bits per heavy atom. The second-order valence-corrected chi connectivity index (χ2v) is 5.17. The van der Waals surface area contributed by atoms with Gasteiger partial charge in [-0.3, -0.25) is 4.79 Å². The summed E-state index contributed by atoms with van der Waals surface area (Å²) < 4.78 is 10.6. The van der Waals surface area contributed by atoms with E-state index in [1.807, 2.05) is 13.0 Å². The third-order valence-electron chi connectivity index (χ3n) is 3.60. The van der Waals surface area contributed by atoms with Crippen molar-refractivity contribution < 1.29 is 14.3 Å². The molecule has 1 aromatic rings. The van der Waals surface area contributed by atoms with Crippen molar-refractivity contribution in [2.75, 3.05) is 14.2 Å². The second-order valence-electron chi connectivity index (χ2n) is 4.76. The summed E-state index contributed by atoms with van der Waals surface area (Å²) in [6, 6.07) is 3.70. The molecule has 0 N–H and O–H groups in total. The largest absolute Gasteiger partial charge is 0.493 e. The van der Waals surface area contributed by atoms with Gasteiger partial charge in [-0.05, 0) is 30.4 Å². The SMILES string of the molecule is CCC(=O)CCC(CC)c1cc(OC)c(OC)cc1Cl. The number of rotatable bonds is 8. The molecule has 1 atom stereocenters. The Hall–Kier alpha value is -1.22. The van der Waals surface area contributed by atoms with Crippen LogP contribution in [-0.4, -0.2) is 20.0 Å². The molecule has 3 nitrogen and oxygen atoms in total. The minimum absolute atomic E-state index is 0.262. The molecule has 0 aromatic heterocycles. The number of hydrogen-bond acceptors (Lipinski definition) is 3. The molecule has 0 radical (unpaired) electrons. The maximum absolute atomic E-state index is 11.5. The van der Waals surface area contributed by atoms with Crippen molar-refractivity contribution in [1.82, 2.24) is 0 Å². The predicted octanol–water partition coefficient (Wildman–Crippen LogP) is 4.61. The first-order valence-corrected chi connectivity index (χ1v) is 7.38. The van der Waals surface area contributed by atoms with Crippen molar-refractivity contribution >= 4 is 17.4 Å².